The SMILES string of the molecule is CN=C1S/C(=C\c2cc(OC)c(O)c(Br)c2Br)C(=O)N1C. The molecule has 0 bridgehead atoms. The summed E-state index contributed by atoms with van der Waals surface area (Å²) in [4.78, 5) is 18.3. The van der Waals surface area contributed by atoms with E-state index in [0.29, 0.717) is 24.8 Å². The van der Waals surface area contributed by atoms with Gasteiger partial charge >= 0.3 is 0 Å². The molecule has 0 aliphatic carbocycles. The van der Waals surface area contributed by atoms with E-state index >= 15 is 0 Å². The Morgan fingerprint density at radius 1 is 1.43 bits per heavy atom. The Balaban J connectivity index is 2.52. The largest absolute Gasteiger partial charge is 0.503 e. The fraction of sp³-hybridized carbons (Fsp3) is 0.231. The molecule has 1 heterocycles. The number of phenols is 1. The number of nitrogens with zero attached hydrogens (tertiary/aromatic N) is 2. The predicted molar refractivity (Wildman–Crippen MR) is 91.8 cm³/mol. The zero-order chi connectivity index (χ0) is 15.7. The monoisotopic (exact) mass is 434 g/mol. The van der Waals surface area contributed by atoms with E-state index in [2.05, 4.69) is 36.9 Å². The lowest BCUT2D eigenvalue weighted by molar-refractivity contribution is -0.121. The van der Waals surface area contributed by atoms with E-state index in [-0.39, 0.29) is 11.7 Å². The molecule has 1 fully saturated rings. The summed E-state index contributed by atoms with van der Waals surface area (Å²) in [6, 6.07) is 1.66. The Kier molecular flexibility index (Phi) is 5.00. The number of thioether (sulfide) groups is 1. The third kappa shape index (κ3) is 2.97. The number of hydrogen-bond donors (Lipinski definition) is 1. The number of likely N-dealkylation sites (N-methyl/N-ethyl adjacent to an activating group) is 1. The van der Waals surface area contributed by atoms with E-state index in [1.54, 1.807) is 26.2 Å². The molecule has 0 atom stereocenters. The Labute approximate surface area is 143 Å². The number of aromatic hydroxyl groups is 1. The highest BCUT2D eigenvalue weighted by molar-refractivity contribution is 9.13. The molecule has 1 saturated heterocycles. The summed E-state index contributed by atoms with van der Waals surface area (Å²) in [5, 5.41) is 10.6. The molecule has 1 aliphatic heterocycles. The second-order valence-electron chi connectivity index (χ2n) is 4.13. The van der Waals surface area contributed by atoms with Gasteiger partial charge < -0.3 is 9.84 Å². The lowest BCUT2D eigenvalue weighted by Crippen LogP contribution is -2.23. The van der Waals surface area contributed by atoms with Crippen LogP contribution in [0.4, 0.5) is 0 Å². The first-order chi connectivity index (χ1) is 9.90. The second-order valence-corrected chi connectivity index (χ2v) is 6.72. The third-order valence-corrected chi connectivity index (χ3v) is 6.19. The van der Waals surface area contributed by atoms with Crippen molar-refractivity contribution in [1.82, 2.24) is 4.90 Å². The first-order valence-electron chi connectivity index (χ1n) is 5.80. The van der Waals surface area contributed by atoms with Gasteiger partial charge in [-0.15, -0.1) is 0 Å². The van der Waals surface area contributed by atoms with Gasteiger partial charge in [-0.05, 0) is 61.3 Å². The smallest absolute Gasteiger partial charge is 0.266 e. The molecule has 0 spiro atoms. The minimum atomic E-state index is -0.115. The van der Waals surface area contributed by atoms with Crippen molar-refractivity contribution in [3.05, 3.63) is 25.5 Å². The van der Waals surface area contributed by atoms with E-state index in [9.17, 15) is 9.90 Å². The molecular weight excluding hydrogens is 424 g/mol. The molecule has 0 unspecified atom stereocenters. The van der Waals surface area contributed by atoms with Crippen LogP contribution >= 0.6 is 43.6 Å². The highest BCUT2D eigenvalue weighted by Gasteiger charge is 2.30. The van der Waals surface area contributed by atoms with E-state index in [1.165, 1.54) is 23.8 Å². The van der Waals surface area contributed by atoms with Crippen LogP contribution in [-0.4, -0.2) is 42.3 Å². The average molecular weight is 436 g/mol. The Bertz CT molecular complexity index is 674. The van der Waals surface area contributed by atoms with Gasteiger partial charge in [0.15, 0.2) is 16.7 Å². The van der Waals surface area contributed by atoms with Gasteiger partial charge in [0, 0.05) is 18.6 Å². The molecule has 2 rings (SSSR count). The van der Waals surface area contributed by atoms with Gasteiger partial charge in [-0.1, -0.05) is 0 Å². The molecule has 21 heavy (non-hydrogen) atoms. The van der Waals surface area contributed by atoms with Crippen LogP contribution in [0.2, 0.25) is 0 Å². The maximum atomic E-state index is 12.1. The molecule has 1 aliphatic rings. The quantitative estimate of drug-likeness (QED) is 0.722. The molecule has 1 N–H and O–H groups in total. The van der Waals surface area contributed by atoms with Gasteiger partial charge in [0.2, 0.25) is 0 Å². The summed E-state index contributed by atoms with van der Waals surface area (Å²) in [7, 11) is 4.80. The van der Waals surface area contributed by atoms with Crippen molar-refractivity contribution in [1.29, 1.82) is 0 Å². The second kappa shape index (κ2) is 6.41. The van der Waals surface area contributed by atoms with Crippen LogP contribution in [0.3, 0.4) is 0 Å². The number of rotatable bonds is 2. The Hall–Kier alpha value is -0.990. The molecule has 1 amide bonds. The van der Waals surface area contributed by atoms with Crippen molar-refractivity contribution in [2.75, 3.05) is 21.2 Å². The molecule has 112 valence electrons. The summed E-state index contributed by atoms with van der Waals surface area (Å²) >= 11 is 7.99. The number of aliphatic imine (C=N–C) groups is 1. The lowest BCUT2D eigenvalue weighted by Gasteiger charge is -2.10. The van der Waals surface area contributed by atoms with E-state index in [0.717, 1.165) is 5.56 Å². The van der Waals surface area contributed by atoms with Crippen LogP contribution in [0.1, 0.15) is 5.56 Å². The lowest BCUT2D eigenvalue weighted by atomic mass is 10.2. The number of benzene rings is 1. The normalized spacial score (nSPS) is 18.9. The van der Waals surface area contributed by atoms with E-state index < -0.39 is 0 Å². The fourth-order valence-electron chi connectivity index (χ4n) is 1.76. The predicted octanol–water partition coefficient (Wildman–Crippen LogP) is 3.46. The van der Waals surface area contributed by atoms with Gasteiger partial charge in [0.1, 0.15) is 0 Å². The van der Waals surface area contributed by atoms with Crippen molar-refractivity contribution in [3.63, 3.8) is 0 Å². The summed E-state index contributed by atoms with van der Waals surface area (Å²) in [5.74, 6) is 0.214. The van der Waals surface area contributed by atoms with Crippen LogP contribution < -0.4 is 4.74 Å². The standard InChI is InChI=1S/C13H12Br2N2O3S/c1-16-13-17(2)12(19)8(21-13)5-6-4-7(20-3)11(18)10(15)9(6)14/h4-5,18H,1-3H3/b8-5-,16-13?. The van der Waals surface area contributed by atoms with Gasteiger partial charge in [-0.3, -0.25) is 14.7 Å². The topological polar surface area (TPSA) is 62.1 Å². The minimum Gasteiger partial charge on any atom is -0.503 e. The molecule has 5 nitrogen and oxygen atoms in total. The summed E-state index contributed by atoms with van der Waals surface area (Å²) < 4.78 is 6.24. The highest BCUT2D eigenvalue weighted by Crippen LogP contribution is 2.43. The number of carbonyl (C=O) groups excluding carboxylic acids is 1. The number of ether oxygens (including phenoxy) is 1. The number of halogens is 2. The van der Waals surface area contributed by atoms with Crippen molar-refractivity contribution in [2.45, 2.75) is 0 Å². The van der Waals surface area contributed by atoms with E-state index in [1.807, 2.05) is 0 Å². The minimum absolute atomic E-state index is 0.00449. The number of carbonyl (C=O) groups is 1. The molecule has 8 heteroatoms. The van der Waals surface area contributed by atoms with Crippen molar-refractivity contribution >= 4 is 60.8 Å². The van der Waals surface area contributed by atoms with Crippen molar-refractivity contribution in [2.24, 2.45) is 4.99 Å². The van der Waals surface area contributed by atoms with Crippen LogP contribution in [-0.2, 0) is 4.79 Å². The fourth-order valence-corrected chi connectivity index (χ4v) is 3.52. The number of hydrogen-bond acceptors (Lipinski definition) is 5. The Morgan fingerprint density at radius 2 is 2.10 bits per heavy atom. The average Bonchev–Trinajstić information content (AvgIpc) is 2.75. The molecule has 0 saturated carbocycles. The van der Waals surface area contributed by atoms with Crippen LogP contribution in [0.15, 0.2) is 24.9 Å². The van der Waals surface area contributed by atoms with Gasteiger partial charge in [-0.25, -0.2) is 0 Å². The number of amidine groups is 1. The number of phenolic OH excluding ortho intramolecular Hbond substituents is 1. The molecule has 1 aromatic carbocycles. The van der Waals surface area contributed by atoms with Gasteiger partial charge in [-0.2, -0.15) is 0 Å². The third-order valence-electron chi connectivity index (χ3n) is 2.88. The molecule has 0 aromatic heterocycles. The Morgan fingerprint density at radius 3 is 2.62 bits per heavy atom. The summed E-state index contributed by atoms with van der Waals surface area (Å²) in [5.41, 5.74) is 0.720. The summed E-state index contributed by atoms with van der Waals surface area (Å²) in [6.07, 6.45) is 1.73. The highest BCUT2D eigenvalue weighted by atomic mass is 79.9. The zero-order valence-corrected chi connectivity index (χ0v) is 15.5. The van der Waals surface area contributed by atoms with Crippen LogP contribution in [0.5, 0.6) is 11.5 Å². The van der Waals surface area contributed by atoms with Crippen molar-refractivity contribution in [3.8, 4) is 11.5 Å². The first-order valence-corrected chi connectivity index (χ1v) is 8.20. The molecule has 0 radical (unpaired) electrons. The van der Waals surface area contributed by atoms with Gasteiger partial charge in [0.05, 0.1) is 16.5 Å². The van der Waals surface area contributed by atoms with E-state index in [4.69, 9.17) is 4.74 Å². The maximum Gasteiger partial charge on any atom is 0.266 e. The van der Waals surface area contributed by atoms with Gasteiger partial charge in [0.25, 0.3) is 5.91 Å². The maximum absolute atomic E-state index is 12.1. The first kappa shape index (κ1) is 16.4. The number of amides is 1. The van der Waals surface area contributed by atoms with Crippen LogP contribution in [0, 0.1) is 0 Å². The van der Waals surface area contributed by atoms with Crippen molar-refractivity contribution < 1.29 is 14.6 Å². The summed E-state index contributed by atoms with van der Waals surface area (Å²) in [6.45, 7) is 0. The number of methoxy groups -OCH3 is 1. The zero-order valence-electron chi connectivity index (χ0n) is 11.5. The molecular formula is C13H12Br2N2O3S. The van der Waals surface area contributed by atoms with Crippen LogP contribution in [0.25, 0.3) is 6.08 Å². The molecule has 1 aromatic rings.